The average Bonchev–Trinajstić information content (AvgIpc) is 2.41. The van der Waals surface area contributed by atoms with Gasteiger partial charge in [-0.3, -0.25) is 0 Å². The van der Waals surface area contributed by atoms with Crippen LogP contribution in [0.3, 0.4) is 0 Å². The number of nitriles is 1. The number of nitrogen functional groups attached to an aromatic ring is 1. The maximum atomic E-state index is 11.0. The lowest BCUT2D eigenvalue weighted by atomic mass is 10.1. The third-order valence-electron chi connectivity index (χ3n) is 2.67. The Morgan fingerprint density at radius 2 is 2.00 bits per heavy atom. The van der Waals surface area contributed by atoms with E-state index in [1.54, 1.807) is 18.2 Å². The van der Waals surface area contributed by atoms with E-state index >= 15 is 0 Å². The van der Waals surface area contributed by atoms with E-state index in [0.29, 0.717) is 22.6 Å². The standard InChI is InChI=1S/C14H10BrN3O2/c15-10-3-1-9(7-16)12(6-10)18-13-5-8(14(19)20)2-4-11(13)17/h1-6,18H,17H2,(H,19,20). The molecule has 0 aliphatic carbocycles. The highest BCUT2D eigenvalue weighted by Gasteiger charge is 2.09. The number of nitrogens with two attached hydrogens (primary N) is 1. The van der Waals surface area contributed by atoms with Crippen molar-refractivity contribution in [2.24, 2.45) is 0 Å². The summed E-state index contributed by atoms with van der Waals surface area (Å²) in [6.07, 6.45) is 0. The lowest BCUT2D eigenvalue weighted by Gasteiger charge is -2.12. The second-order valence-corrected chi connectivity index (χ2v) is 4.95. The Labute approximate surface area is 123 Å². The molecule has 0 aliphatic heterocycles. The molecule has 0 amide bonds. The highest BCUT2D eigenvalue weighted by molar-refractivity contribution is 9.10. The molecule has 0 unspecified atom stereocenters. The summed E-state index contributed by atoms with van der Waals surface area (Å²) >= 11 is 3.32. The first kappa shape index (κ1) is 13.9. The van der Waals surface area contributed by atoms with Crippen LogP contribution in [0.1, 0.15) is 15.9 Å². The topological polar surface area (TPSA) is 99.1 Å². The Morgan fingerprint density at radius 3 is 2.65 bits per heavy atom. The number of nitrogens with one attached hydrogen (secondary N) is 1. The number of hydrogen-bond donors (Lipinski definition) is 3. The number of benzene rings is 2. The van der Waals surface area contributed by atoms with Crippen molar-refractivity contribution in [3.05, 3.63) is 52.0 Å². The molecule has 20 heavy (non-hydrogen) atoms. The number of carboxylic acids is 1. The molecule has 0 heterocycles. The predicted octanol–water partition coefficient (Wildman–Crippen LogP) is 3.34. The summed E-state index contributed by atoms with van der Waals surface area (Å²) in [6.45, 7) is 0. The molecule has 5 nitrogen and oxygen atoms in total. The summed E-state index contributed by atoms with van der Waals surface area (Å²) in [5.41, 5.74) is 7.77. The number of halogens is 1. The van der Waals surface area contributed by atoms with Gasteiger partial charge in [-0.1, -0.05) is 15.9 Å². The number of hydrogen-bond acceptors (Lipinski definition) is 4. The van der Waals surface area contributed by atoms with E-state index < -0.39 is 5.97 Å². The molecule has 2 aromatic rings. The summed E-state index contributed by atoms with van der Waals surface area (Å²) in [4.78, 5) is 11.0. The highest BCUT2D eigenvalue weighted by Crippen LogP contribution is 2.28. The van der Waals surface area contributed by atoms with E-state index in [1.807, 2.05) is 0 Å². The molecule has 0 aliphatic rings. The van der Waals surface area contributed by atoms with Crippen LogP contribution < -0.4 is 11.1 Å². The molecule has 2 aromatic carbocycles. The second-order valence-electron chi connectivity index (χ2n) is 4.03. The van der Waals surface area contributed by atoms with Crippen LogP contribution in [-0.4, -0.2) is 11.1 Å². The van der Waals surface area contributed by atoms with Gasteiger partial charge in [-0.05, 0) is 36.4 Å². The predicted molar refractivity (Wildman–Crippen MR) is 80.0 cm³/mol. The van der Waals surface area contributed by atoms with E-state index in [1.165, 1.54) is 18.2 Å². The number of anilines is 3. The first-order valence-electron chi connectivity index (χ1n) is 5.61. The van der Waals surface area contributed by atoms with Crippen LogP contribution in [0.25, 0.3) is 0 Å². The van der Waals surface area contributed by atoms with Gasteiger partial charge >= 0.3 is 5.97 Å². The van der Waals surface area contributed by atoms with Crippen molar-refractivity contribution in [2.45, 2.75) is 0 Å². The van der Waals surface area contributed by atoms with Crippen molar-refractivity contribution < 1.29 is 9.90 Å². The monoisotopic (exact) mass is 331 g/mol. The first-order valence-corrected chi connectivity index (χ1v) is 6.40. The van der Waals surface area contributed by atoms with Crippen LogP contribution in [-0.2, 0) is 0 Å². The number of carbonyl (C=O) groups is 1. The smallest absolute Gasteiger partial charge is 0.335 e. The first-order chi connectivity index (χ1) is 9.51. The Morgan fingerprint density at radius 1 is 1.25 bits per heavy atom. The SMILES string of the molecule is N#Cc1ccc(Br)cc1Nc1cc(C(=O)O)ccc1N. The largest absolute Gasteiger partial charge is 0.478 e. The molecular weight excluding hydrogens is 322 g/mol. The zero-order chi connectivity index (χ0) is 14.7. The molecule has 0 spiro atoms. The fourth-order valence-corrected chi connectivity index (χ4v) is 2.02. The molecule has 0 bridgehead atoms. The van der Waals surface area contributed by atoms with Crippen molar-refractivity contribution in [1.29, 1.82) is 5.26 Å². The summed E-state index contributed by atoms with van der Waals surface area (Å²) in [5, 5.41) is 21.0. The molecule has 100 valence electrons. The zero-order valence-electron chi connectivity index (χ0n) is 10.2. The summed E-state index contributed by atoms with van der Waals surface area (Å²) in [5.74, 6) is -1.04. The van der Waals surface area contributed by atoms with Gasteiger partial charge in [-0.25, -0.2) is 4.79 Å². The molecule has 2 rings (SSSR count). The highest BCUT2D eigenvalue weighted by atomic mass is 79.9. The second kappa shape index (κ2) is 5.63. The van der Waals surface area contributed by atoms with Gasteiger partial charge in [0.2, 0.25) is 0 Å². The molecular formula is C14H10BrN3O2. The van der Waals surface area contributed by atoms with Crippen molar-refractivity contribution in [1.82, 2.24) is 0 Å². The Kier molecular flexibility index (Phi) is 3.91. The summed E-state index contributed by atoms with van der Waals surface area (Å²) in [6, 6.07) is 11.6. The van der Waals surface area contributed by atoms with Crippen LogP contribution >= 0.6 is 15.9 Å². The Hall–Kier alpha value is -2.52. The molecule has 0 atom stereocenters. The maximum Gasteiger partial charge on any atom is 0.335 e. The summed E-state index contributed by atoms with van der Waals surface area (Å²) in [7, 11) is 0. The van der Waals surface area contributed by atoms with Crippen LogP contribution in [0, 0.1) is 11.3 Å². The van der Waals surface area contributed by atoms with Crippen molar-refractivity contribution >= 4 is 39.0 Å². The third-order valence-corrected chi connectivity index (χ3v) is 3.16. The Bertz CT molecular complexity index is 723. The summed E-state index contributed by atoms with van der Waals surface area (Å²) < 4.78 is 0.798. The molecule has 0 saturated carbocycles. The fraction of sp³-hybridized carbons (Fsp3) is 0. The van der Waals surface area contributed by atoms with Gasteiger partial charge in [-0.15, -0.1) is 0 Å². The average molecular weight is 332 g/mol. The van der Waals surface area contributed by atoms with Gasteiger partial charge in [0.1, 0.15) is 6.07 Å². The van der Waals surface area contributed by atoms with Gasteiger partial charge in [0.25, 0.3) is 0 Å². The van der Waals surface area contributed by atoms with Gasteiger partial charge in [0.15, 0.2) is 0 Å². The van der Waals surface area contributed by atoms with E-state index in [-0.39, 0.29) is 5.56 Å². The number of nitrogens with zero attached hydrogens (tertiary/aromatic N) is 1. The lowest BCUT2D eigenvalue weighted by Crippen LogP contribution is -2.02. The molecule has 0 fully saturated rings. The number of aromatic carboxylic acids is 1. The maximum absolute atomic E-state index is 11.0. The van der Waals surface area contributed by atoms with Gasteiger partial charge < -0.3 is 16.2 Å². The quantitative estimate of drug-likeness (QED) is 0.749. The molecule has 6 heteroatoms. The molecule has 0 saturated heterocycles. The minimum Gasteiger partial charge on any atom is -0.478 e. The Balaban J connectivity index is 2.44. The van der Waals surface area contributed by atoms with Gasteiger partial charge in [-0.2, -0.15) is 5.26 Å². The van der Waals surface area contributed by atoms with Crippen LogP contribution in [0.15, 0.2) is 40.9 Å². The van der Waals surface area contributed by atoms with Crippen molar-refractivity contribution in [2.75, 3.05) is 11.1 Å². The van der Waals surface area contributed by atoms with Crippen LogP contribution in [0.2, 0.25) is 0 Å². The van der Waals surface area contributed by atoms with E-state index in [2.05, 4.69) is 27.3 Å². The van der Waals surface area contributed by atoms with Gasteiger partial charge in [0.05, 0.1) is 28.2 Å². The van der Waals surface area contributed by atoms with Crippen molar-refractivity contribution in [3.8, 4) is 6.07 Å². The number of rotatable bonds is 3. The van der Waals surface area contributed by atoms with Crippen LogP contribution in [0.5, 0.6) is 0 Å². The molecule has 0 aromatic heterocycles. The van der Waals surface area contributed by atoms with Crippen molar-refractivity contribution in [3.63, 3.8) is 0 Å². The fourth-order valence-electron chi connectivity index (χ4n) is 1.66. The van der Waals surface area contributed by atoms with Gasteiger partial charge in [0, 0.05) is 4.47 Å². The van der Waals surface area contributed by atoms with E-state index in [9.17, 15) is 4.79 Å². The molecule has 4 N–H and O–H groups in total. The normalized spacial score (nSPS) is 9.80. The minimum absolute atomic E-state index is 0.121. The molecule has 0 radical (unpaired) electrons. The van der Waals surface area contributed by atoms with Crippen LogP contribution in [0.4, 0.5) is 17.1 Å². The van der Waals surface area contributed by atoms with E-state index in [0.717, 1.165) is 4.47 Å². The zero-order valence-corrected chi connectivity index (χ0v) is 11.8. The minimum atomic E-state index is -1.04. The van der Waals surface area contributed by atoms with E-state index in [4.69, 9.17) is 16.1 Å². The third kappa shape index (κ3) is 2.90. The number of carboxylic acid groups (broad SMARTS) is 1. The lowest BCUT2D eigenvalue weighted by molar-refractivity contribution is 0.0697.